The van der Waals surface area contributed by atoms with E-state index in [0.29, 0.717) is 24.1 Å². The maximum atomic E-state index is 12.8. The van der Waals surface area contributed by atoms with Gasteiger partial charge < -0.3 is 15.4 Å². The van der Waals surface area contributed by atoms with Crippen molar-refractivity contribution in [1.82, 2.24) is 5.32 Å². The Morgan fingerprint density at radius 3 is 2.68 bits per heavy atom. The van der Waals surface area contributed by atoms with E-state index < -0.39 is 0 Å². The zero-order valence-corrected chi connectivity index (χ0v) is 12.0. The number of urea groups is 1. The highest BCUT2D eigenvalue weighted by Crippen LogP contribution is 2.21. The van der Waals surface area contributed by atoms with Gasteiger partial charge in [-0.3, -0.25) is 0 Å². The van der Waals surface area contributed by atoms with Crippen LogP contribution in [0.2, 0.25) is 0 Å². The van der Waals surface area contributed by atoms with E-state index in [2.05, 4.69) is 10.6 Å². The van der Waals surface area contributed by atoms with Crippen LogP contribution < -0.4 is 15.4 Å². The molecule has 0 aromatic heterocycles. The standard InChI is InChI=1S/C17H17FN2O2/c18-13-6-4-12(5-7-13)11-22-16-3-1-2-15(10-16)20-17(21)19-14-8-9-14/h1-7,10,14H,8-9,11H2,(H2,19,20,21). The second kappa shape index (κ2) is 6.47. The van der Waals surface area contributed by atoms with E-state index in [1.54, 1.807) is 24.3 Å². The van der Waals surface area contributed by atoms with Gasteiger partial charge in [-0.05, 0) is 42.7 Å². The summed E-state index contributed by atoms with van der Waals surface area (Å²) in [6.45, 7) is 0.345. The number of carbonyl (C=O) groups excluding carboxylic acids is 1. The lowest BCUT2D eigenvalue weighted by Gasteiger charge is -2.10. The van der Waals surface area contributed by atoms with E-state index in [1.165, 1.54) is 12.1 Å². The molecule has 1 aliphatic rings. The highest BCUT2D eigenvalue weighted by molar-refractivity contribution is 5.89. The molecular formula is C17H17FN2O2. The Morgan fingerprint density at radius 1 is 1.18 bits per heavy atom. The molecule has 2 aromatic rings. The van der Waals surface area contributed by atoms with Crippen LogP contribution in [0.4, 0.5) is 14.9 Å². The minimum atomic E-state index is -0.267. The molecule has 3 rings (SSSR count). The number of benzene rings is 2. The summed E-state index contributed by atoms with van der Waals surface area (Å²) in [5, 5.41) is 5.64. The molecule has 0 saturated heterocycles. The first-order valence-corrected chi connectivity index (χ1v) is 7.24. The third-order valence-corrected chi connectivity index (χ3v) is 3.32. The Balaban J connectivity index is 1.55. The summed E-state index contributed by atoms with van der Waals surface area (Å²) in [5.41, 5.74) is 1.56. The van der Waals surface area contributed by atoms with Crippen LogP contribution >= 0.6 is 0 Å². The maximum Gasteiger partial charge on any atom is 0.319 e. The van der Waals surface area contributed by atoms with Gasteiger partial charge in [0.25, 0.3) is 0 Å². The Hall–Kier alpha value is -2.56. The summed E-state index contributed by atoms with van der Waals surface area (Å²) < 4.78 is 18.5. The summed E-state index contributed by atoms with van der Waals surface area (Å²) >= 11 is 0. The highest BCUT2D eigenvalue weighted by atomic mass is 19.1. The second-order valence-corrected chi connectivity index (χ2v) is 5.32. The molecule has 0 heterocycles. The van der Waals surface area contributed by atoms with E-state index in [1.807, 2.05) is 12.1 Å². The average molecular weight is 300 g/mol. The fourth-order valence-electron chi connectivity index (χ4n) is 1.99. The van der Waals surface area contributed by atoms with Crippen LogP contribution in [0.3, 0.4) is 0 Å². The van der Waals surface area contributed by atoms with Crippen LogP contribution in [-0.2, 0) is 6.61 Å². The van der Waals surface area contributed by atoms with Crippen LogP contribution in [0.1, 0.15) is 18.4 Å². The predicted octanol–water partition coefficient (Wildman–Crippen LogP) is 3.69. The van der Waals surface area contributed by atoms with Crippen molar-refractivity contribution in [2.45, 2.75) is 25.5 Å². The Labute approximate surface area is 128 Å². The van der Waals surface area contributed by atoms with Crippen molar-refractivity contribution in [1.29, 1.82) is 0 Å². The molecule has 5 heteroatoms. The second-order valence-electron chi connectivity index (χ2n) is 5.32. The maximum absolute atomic E-state index is 12.8. The fraction of sp³-hybridized carbons (Fsp3) is 0.235. The molecule has 0 aliphatic heterocycles. The number of anilines is 1. The Bertz CT molecular complexity index is 654. The van der Waals surface area contributed by atoms with Gasteiger partial charge >= 0.3 is 6.03 Å². The lowest BCUT2D eigenvalue weighted by molar-refractivity contribution is 0.251. The molecule has 22 heavy (non-hydrogen) atoms. The molecule has 0 bridgehead atoms. The zero-order chi connectivity index (χ0) is 15.4. The summed E-state index contributed by atoms with van der Waals surface area (Å²) in [6.07, 6.45) is 2.10. The molecule has 0 radical (unpaired) electrons. The topological polar surface area (TPSA) is 50.4 Å². The van der Waals surface area contributed by atoms with E-state index in [4.69, 9.17) is 4.74 Å². The third-order valence-electron chi connectivity index (χ3n) is 3.32. The molecule has 0 unspecified atom stereocenters. The van der Waals surface area contributed by atoms with Gasteiger partial charge in [-0.2, -0.15) is 0 Å². The summed E-state index contributed by atoms with van der Waals surface area (Å²) in [6, 6.07) is 13.5. The van der Waals surface area contributed by atoms with Gasteiger partial charge in [0.2, 0.25) is 0 Å². The molecule has 2 amide bonds. The number of halogens is 1. The summed E-state index contributed by atoms with van der Waals surface area (Å²) in [4.78, 5) is 11.7. The molecule has 1 aliphatic carbocycles. The number of ether oxygens (including phenoxy) is 1. The minimum Gasteiger partial charge on any atom is -0.489 e. The molecule has 1 fully saturated rings. The summed E-state index contributed by atoms with van der Waals surface area (Å²) in [5.74, 6) is 0.380. The van der Waals surface area contributed by atoms with Crippen LogP contribution in [0.15, 0.2) is 48.5 Å². The van der Waals surface area contributed by atoms with E-state index in [-0.39, 0.29) is 11.8 Å². The lowest BCUT2D eigenvalue weighted by Crippen LogP contribution is -2.30. The first-order valence-electron chi connectivity index (χ1n) is 7.24. The number of carbonyl (C=O) groups is 1. The van der Waals surface area contributed by atoms with Crippen molar-refractivity contribution in [2.75, 3.05) is 5.32 Å². The third kappa shape index (κ3) is 4.22. The molecule has 0 spiro atoms. The van der Waals surface area contributed by atoms with Gasteiger partial charge in [0.05, 0.1) is 0 Å². The van der Waals surface area contributed by atoms with Crippen molar-refractivity contribution in [3.05, 3.63) is 59.9 Å². The van der Waals surface area contributed by atoms with Gasteiger partial charge in [0.15, 0.2) is 0 Å². The quantitative estimate of drug-likeness (QED) is 0.885. The minimum absolute atomic E-state index is 0.196. The van der Waals surface area contributed by atoms with Crippen LogP contribution in [0.5, 0.6) is 5.75 Å². The normalized spacial score (nSPS) is 13.5. The van der Waals surface area contributed by atoms with Crippen molar-refractivity contribution in [3.8, 4) is 5.75 Å². The van der Waals surface area contributed by atoms with Crippen molar-refractivity contribution in [3.63, 3.8) is 0 Å². The zero-order valence-electron chi connectivity index (χ0n) is 12.0. The van der Waals surface area contributed by atoms with Gasteiger partial charge in [-0.1, -0.05) is 18.2 Å². The molecule has 0 atom stereocenters. The lowest BCUT2D eigenvalue weighted by atomic mass is 10.2. The van der Waals surface area contributed by atoms with Crippen LogP contribution in [0, 0.1) is 5.82 Å². The largest absolute Gasteiger partial charge is 0.489 e. The molecule has 4 nitrogen and oxygen atoms in total. The molecule has 2 N–H and O–H groups in total. The molecule has 2 aromatic carbocycles. The Morgan fingerprint density at radius 2 is 1.95 bits per heavy atom. The first kappa shape index (κ1) is 14.4. The van der Waals surface area contributed by atoms with E-state index in [0.717, 1.165) is 18.4 Å². The van der Waals surface area contributed by atoms with Gasteiger partial charge in [0.1, 0.15) is 18.2 Å². The van der Waals surface area contributed by atoms with Gasteiger partial charge in [-0.15, -0.1) is 0 Å². The van der Waals surface area contributed by atoms with Gasteiger partial charge in [-0.25, -0.2) is 9.18 Å². The highest BCUT2D eigenvalue weighted by Gasteiger charge is 2.23. The van der Waals surface area contributed by atoms with Crippen molar-refractivity contribution in [2.24, 2.45) is 0 Å². The van der Waals surface area contributed by atoms with Crippen LogP contribution in [-0.4, -0.2) is 12.1 Å². The van der Waals surface area contributed by atoms with E-state index >= 15 is 0 Å². The molecule has 114 valence electrons. The van der Waals surface area contributed by atoms with Crippen molar-refractivity contribution >= 4 is 11.7 Å². The summed E-state index contributed by atoms with van der Waals surface area (Å²) in [7, 11) is 0. The molecular weight excluding hydrogens is 283 g/mol. The van der Waals surface area contributed by atoms with Gasteiger partial charge in [0, 0.05) is 17.8 Å². The fourth-order valence-corrected chi connectivity index (χ4v) is 1.99. The predicted molar refractivity (Wildman–Crippen MR) is 82.4 cm³/mol. The number of hydrogen-bond donors (Lipinski definition) is 2. The smallest absolute Gasteiger partial charge is 0.319 e. The number of rotatable bonds is 5. The first-order chi connectivity index (χ1) is 10.7. The number of amides is 2. The Kier molecular flexibility index (Phi) is 4.23. The number of nitrogens with one attached hydrogen (secondary N) is 2. The van der Waals surface area contributed by atoms with Crippen LogP contribution in [0.25, 0.3) is 0 Å². The van der Waals surface area contributed by atoms with E-state index in [9.17, 15) is 9.18 Å². The van der Waals surface area contributed by atoms with Crippen molar-refractivity contribution < 1.29 is 13.9 Å². The molecule has 1 saturated carbocycles. The number of hydrogen-bond acceptors (Lipinski definition) is 2. The monoisotopic (exact) mass is 300 g/mol. The SMILES string of the molecule is O=C(Nc1cccc(OCc2ccc(F)cc2)c1)NC1CC1. The average Bonchev–Trinajstić information content (AvgIpc) is 3.31.